The second kappa shape index (κ2) is 12.7. The van der Waals surface area contributed by atoms with Gasteiger partial charge in [0.05, 0.1) is 36.6 Å². The molecule has 0 fully saturated rings. The van der Waals surface area contributed by atoms with Crippen LogP contribution in [0.4, 0.5) is 0 Å². The number of allylic oxidation sites excluding steroid dienone is 2. The van der Waals surface area contributed by atoms with Crippen molar-refractivity contribution < 1.29 is 14.3 Å². The maximum atomic E-state index is 12.6. The second-order valence-electron chi connectivity index (χ2n) is 5.90. The van der Waals surface area contributed by atoms with E-state index in [2.05, 4.69) is 11.9 Å². The Morgan fingerprint density at radius 1 is 1.26 bits per heavy atom. The van der Waals surface area contributed by atoms with E-state index in [4.69, 9.17) is 38.4 Å². The van der Waals surface area contributed by atoms with Crippen LogP contribution in [-0.2, 0) is 14.3 Å². The van der Waals surface area contributed by atoms with Gasteiger partial charge in [-0.2, -0.15) is 0 Å². The molecule has 0 aromatic rings. The summed E-state index contributed by atoms with van der Waals surface area (Å²) in [5, 5.41) is 3.28. The summed E-state index contributed by atoms with van der Waals surface area (Å²) in [5.74, 6) is 0.222. The molecule has 0 bridgehead atoms. The fourth-order valence-electron chi connectivity index (χ4n) is 2.48. The van der Waals surface area contributed by atoms with Crippen molar-refractivity contribution in [2.24, 2.45) is 5.73 Å². The van der Waals surface area contributed by atoms with E-state index in [9.17, 15) is 4.79 Å². The van der Waals surface area contributed by atoms with E-state index in [0.29, 0.717) is 17.9 Å². The van der Waals surface area contributed by atoms with Crippen LogP contribution in [-0.4, -0.2) is 45.2 Å². The third kappa shape index (κ3) is 7.87. The smallest absolute Gasteiger partial charge is 0.228 e. The molecule has 0 aliphatic rings. The Balaban J connectivity index is 5.77. The van der Waals surface area contributed by atoms with Gasteiger partial charge in [-0.3, -0.25) is 4.79 Å². The molecule has 0 radical (unpaired) electrons. The monoisotopic (exact) mass is 419 g/mol. The molecule has 0 aromatic heterocycles. The Labute approximate surface area is 172 Å². The van der Waals surface area contributed by atoms with Crippen LogP contribution in [0, 0.1) is 0 Å². The van der Waals surface area contributed by atoms with E-state index in [0.717, 1.165) is 17.8 Å². The third-order valence-electron chi connectivity index (χ3n) is 3.83. The van der Waals surface area contributed by atoms with E-state index in [1.165, 1.54) is 14.2 Å². The number of carbonyl (C=O) groups excluding carboxylic acids is 1. The highest BCUT2D eigenvalue weighted by Gasteiger charge is 2.18. The molecule has 1 amide bonds. The molecule has 0 rings (SSSR count). The lowest BCUT2D eigenvalue weighted by Crippen LogP contribution is -2.27. The molecule has 0 spiro atoms. The zero-order chi connectivity index (χ0) is 21.1. The van der Waals surface area contributed by atoms with Gasteiger partial charge in [-0.05, 0) is 19.4 Å². The average Bonchev–Trinajstić information content (AvgIpc) is 2.60. The Hall–Kier alpha value is -1.63. The standard InChI is InChI=1S/C19H31Cl2N3O3/c1-8-15(27-7)17(21)18(14(20)11-26-6)23-16(25)10-12(3)19(13(4)22)24(5)9-2/h4,8-11,22H2,1-3,5-7H3,(H,23,25)/b17-15-,18-14-,19-12-. The molecule has 0 unspecified atom stereocenters. The highest BCUT2D eigenvalue weighted by Crippen LogP contribution is 2.25. The zero-order valence-electron chi connectivity index (χ0n) is 17.0. The van der Waals surface area contributed by atoms with Crippen LogP contribution in [0.25, 0.3) is 0 Å². The summed E-state index contributed by atoms with van der Waals surface area (Å²) >= 11 is 12.7. The minimum Gasteiger partial charge on any atom is -0.499 e. The van der Waals surface area contributed by atoms with Gasteiger partial charge in [-0.15, -0.1) is 0 Å². The van der Waals surface area contributed by atoms with E-state index in [1.54, 1.807) is 0 Å². The predicted octanol–water partition coefficient (Wildman–Crippen LogP) is 3.79. The number of amides is 1. The number of carbonyl (C=O) groups is 1. The van der Waals surface area contributed by atoms with Crippen molar-refractivity contribution in [1.82, 2.24) is 10.2 Å². The minimum absolute atomic E-state index is 0.104. The number of nitrogens with two attached hydrogens (primary N) is 1. The molecule has 0 heterocycles. The largest absolute Gasteiger partial charge is 0.499 e. The Morgan fingerprint density at radius 3 is 2.26 bits per heavy atom. The van der Waals surface area contributed by atoms with Crippen molar-refractivity contribution >= 4 is 29.1 Å². The summed E-state index contributed by atoms with van der Waals surface area (Å²) in [5.41, 5.74) is 8.09. The molecule has 0 aliphatic carbocycles. The Kier molecular flexibility index (Phi) is 11.9. The number of rotatable bonds is 11. The van der Waals surface area contributed by atoms with Gasteiger partial charge in [0.15, 0.2) is 0 Å². The van der Waals surface area contributed by atoms with E-state index in [1.807, 2.05) is 32.7 Å². The number of nitrogens with one attached hydrogen (secondary N) is 1. The number of halogens is 2. The van der Waals surface area contributed by atoms with Crippen LogP contribution in [0.3, 0.4) is 0 Å². The third-order valence-corrected chi connectivity index (χ3v) is 4.53. The Bertz CT molecular complexity index is 634. The van der Waals surface area contributed by atoms with Gasteiger partial charge in [-0.25, -0.2) is 0 Å². The SMILES string of the molecule is C=C(N)/C(=C(\C)CC(=O)NC(=C(\Cl)COC)/C(Cl)=C(\CC)OC)N(C)CC. The molecule has 0 atom stereocenters. The molecule has 3 N–H and O–H groups in total. The second-order valence-corrected chi connectivity index (χ2v) is 6.74. The summed E-state index contributed by atoms with van der Waals surface area (Å²) < 4.78 is 10.3. The highest BCUT2D eigenvalue weighted by molar-refractivity contribution is 6.36. The van der Waals surface area contributed by atoms with Crippen molar-refractivity contribution in [3.63, 3.8) is 0 Å². The molecule has 0 aliphatic heterocycles. The number of nitrogens with zero attached hydrogens (tertiary/aromatic N) is 1. The van der Waals surface area contributed by atoms with Crippen molar-refractivity contribution in [2.75, 3.05) is 34.4 Å². The molecule has 27 heavy (non-hydrogen) atoms. The fourth-order valence-corrected chi connectivity index (χ4v) is 3.15. The van der Waals surface area contributed by atoms with Gasteiger partial charge in [0.2, 0.25) is 5.91 Å². The molecular formula is C19H31Cl2N3O3. The number of ether oxygens (including phenoxy) is 2. The van der Waals surface area contributed by atoms with Crippen LogP contribution in [0.2, 0.25) is 0 Å². The van der Waals surface area contributed by atoms with Gasteiger partial charge in [0.1, 0.15) is 10.8 Å². The quantitative estimate of drug-likeness (QED) is 0.393. The lowest BCUT2D eigenvalue weighted by molar-refractivity contribution is -0.119. The van der Waals surface area contributed by atoms with Crippen molar-refractivity contribution in [3.8, 4) is 0 Å². The summed E-state index contributed by atoms with van der Waals surface area (Å²) in [7, 11) is 4.90. The minimum atomic E-state index is -0.287. The van der Waals surface area contributed by atoms with E-state index >= 15 is 0 Å². The van der Waals surface area contributed by atoms with Crippen LogP contribution in [0.1, 0.15) is 33.6 Å². The van der Waals surface area contributed by atoms with Crippen molar-refractivity contribution in [2.45, 2.75) is 33.6 Å². The summed E-state index contributed by atoms with van der Waals surface area (Å²) in [4.78, 5) is 14.6. The molecule has 0 saturated heterocycles. The first-order valence-electron chi connectivity index (χ1n) is 8.60. The van der Waals surface area contributed by atoms with Gasteiger partial charge in [-0.1, -0.05) is 36.7 Å². The zero-order valence-corrected chi connectivity index (χ0v) is 18.6. The van der Waals surface area contributed by atoms with Gasteiger partial charge in [0, 0.05) is 32.8 Å². The molecule has 0 saturated carbocycles. The first-order valence-corrected chi connectivity index (χ1v) is 9.36. The Morgan fingerprint density at radius 2 is 1.85 bits per heavy atom. The maximum Gasteiger partial charge on any atom is 0.228 e. The van der Waals surface area contributed by atoms with Gasteiger partial charge in [0.25, 0.3) is 0 Å². The lowest BCUT2D eigenvalue weighted by Gasteiger charge is -2.23. The summed E-state index contributed by atoms with van der Waals surface area (Å²) in [6, 6.07) is 0. The number of likely N-dealkylation sites (N-methyl/N-ethyl adjacent to an activating group) is 1. The maximum absolute atomic E-state index is 12.6. The molecule has 0 aromatic carbocycles. The average molecular weight is 420 g/mol. The molecule has 154 valence electrons. The van der Waals surface area contributed by atoms with Crippen LogP contribution < -0.4 is 11.1 Å². The van der Waals surface area contributed by atoms with Gasteiger partial charge >= 0.3 is 0 Å². The molecule has 6 nitrogen and oxygen atoms in total. The fraction of sp³-hybridized carbons (Fsp3) is 0.526. The normalized spacial score (nSPS) is 13.9. The molecular weight excluding hydrogens is 389 g/mol. The molecule has 8 heteroatoms. The predicted molar refractivity (Wildman–Crippen MR) is 112 cm³/mol. The van der Waals surface area contributed by atoms with Crippen LogP contribution >= 0.6 is 23.2 Å². The first-order chi connectivity index (χ1) is 12.6. The van der Waals surface area contributed by atoms with Gasteiger partial charge < -0.3 is 25.4 Å². The number of hydrogen-bond acceptors (Lipinski definition) is 5. The number of methoxy groups -OCH3 is 2. The number of hydrogen-bond donors (Lipinski definition) is 2. The first kappa shape index (κ1) is 25.4. The van der Waals surface area contributed by atoms with Crippen LogP contribution in [0.5, 0.6) is 0 Å². The van der Waals surface area contributed by atoms with Crippen molar-refractivity contribution in [1.29, 1.82) is 0 Å². The lowest BCUT2D eigenvalue weighted by atomic mass is 10.1. The van der Waals surface area contributed by atoms with E-state index in [-0.39, 0.29) is 34.7 Å². The van der Waals surface area contributed by atoms with Crippen LogP contribution in [0.15, 0.2) is 45.1 Å². The summed E-state index contributed by atoms with van der Waals surface area (Å²) in [6.45, 7) is 10.3. The van der Waals surface area contributed by atoms with E-state index < -0.39 is 0 Å². The summed E-state index contributed by atoms with van der Waals surface area (Å²) in [6.07, 6.45) is 0.651. The highest BCUT2D eigenvalue weighted by atomic mass is 35.5. The van der Waals surface area contributed by atoms with Crippen molar-refractivity contribution in [3.05, 3.63) is 45.1 Å². The topological polar surface area (TPSA) is 76.8 Å².